The highest BCUT2D eigenvalue weighted by Crippen LogP contribution is 2.08. The first kappa shape index (κ1) is 14.2. The normalized spacial score (nSPS) is 10.6. The highest BCUT2D eigenvalue weighted by atomic mass is 79.9. The molecule has 1 heterocycles. The number of aryl methyl sites for hydroxylation is 2. The number of nitrogens with zero attached hydrogens (tertiary/aromatic N) is 3. The minimum absolute atomic E-state index is 0.0724. The lowest BCUT2D eigenvalue weighted by Crippen LogP contribution is -2.33. The molecule has 5 heteroatoms. The van der Waals surface area contributed by atoms with E-state index in [0.29, 0.717) is 5.69 Å². The number of carbonyl (C=O) groups excluding carboxylic acids is 1. The molecule has 1 aromatic rings. The Morgan fingerprint density at radius 1 is 1.53 bits per heavy atom. The van der Waals surface area contributed by atoms with Gasteiger partial charge in [-0.3, -0.25) is 9.48 Å². The second-order valence-electron chi connectivity index (χ2n) is 3.93. The summed E-state index contributed by atoms with van der Waals surface area (Å²) in [7, 11) is 1.82. The third-order valence-electron chi connectivity index (χ3n) is 2.74. The number of aromatic nitrogens is 2. The van der Waals surface area contributed by atoms with Crippen LogP contribution in [0.2, 0.25) is 0 Å². The van der Waals surface area contributed by atoms with E-state index in [1.54, 1.807) is 4.68 Å². The van der Waals surface area contributed by atoms with Crippen molar-refractivity contribution in [1.29, 1.82) is 0 Å². The van der Waals surface area contributed by atoms with Crippen molar-refractivity contribution in [3.05, 3.63) is 17.5 Å². The van der Waals surface area contributed by atoms with Gasteiger partial charge in [0.05, 0.1) is 5.69 Å². The van der Waals surface area contributed by atoms with Crippen LogP contribution in [0.5, 0.6) is 0 Å². The van der Waals surface area contributed by atoms with Crippen LogP contribution in [0.1, 0.15) is 36.5 Å². The van der Waals surface area contributed by atoms with Crippen molar-refractivity contribution in [1.82, 2.24) is 14.7 Å². The molecule has 0 saturated heterocycles. The van der Waals surface area contributed by atoms with E-state index in [9.17, 15) is 4.79 Å². The standard InChI is InChI=1S/C12H20BrN3O/c1-4-10-9-11(15(3)14-10)12(17)16(5-2)8-6-7-13/h9H,4-8H2,1-3H3. The highest BCUT2D eigenvalue weighted by molar-refractivity contribution is 9.09. The van der Waals surface area contributed by atoms with E-state index >= 15 is 0 Å². The minimum Gasteiger partial charge on any atom is -0.338 e. The third-order valence-corrected chi connectivity index (χ3v) is 3.30. The molecule has 17 heavy (non-hydrogen) atoms. The Balaban J connectivity index is 2.81. The summed E-state index contributed by atoms with van der Waals surface area (Å²) in [6.07, 6.45) is 1.83. The maximum absolute atomic E-state index is 12.3. The lowest BCUT2D eigenvalue weighted by molar-refractivity contribution is 0.0754. The summed E-state index contributed by atoms with van der Waals surface area (Å²) >= 11 is 3.39. The zero-order chi connectivity index (χ0) is 12.8. The first-order valence-corrected chi connectivity index (χ1v) is 7.14. The number of halogens is 1. The fourth-order valence-electron chi connectivity index (χ4n) is 1.72. The van der Waals surface area contributed by atoms with E-state index < -0.39 is 0 Å². The summed E-state index contributed by atoms with van der Waals surface area (Å²) in [4.78, 5) is 14.1. The van der Waals surface area contributed by atoms with E-state index in [4.69, 9.17) is 0 Å². The van der Waals surface area contributed by atoms with Gasteiger partial charge in [-0.05, 0) is 25.8 Å². The van der Waals surface area contributed by atoms with Gasteiger partial charge in [0.25, 0.3) is 5.91 Å². The van der Waals surface area contributed by atoms with E-state index in [1.807, 2.05) is 31.9 Å². The third kappa shape index (κ3) is 3.56. The quantitative estimate of drug-likeness (QED) is 0.756. The molecule has 96 valence electrons. The van der Waals surface area contributed by atoms with E-state index in [1.165, 1.54) is 0 Å². The van der Waals surface area contributed by atoms with Gasteiger partial charge >= 0.3 is 0 Å². The summed E-state index contributed by atoms with van der Waals surface area (Å²) in [5.74, 6) is 0.0724. The Morgan fingerprint density at radius 2 is 2.24 bits per heavy atom. The molecule has 0 saturated carbocycles. The maximum Gasteiger partial charge on any atom is 0.272 e. The number of hydrogen-bond donors (Lipinski definition) is 0. The molecular formula is C12H20BrN3O. The largest absolute Gasteiger partial charge is 0.338 e. The van der Waals surface area contributed by atoms with Gasteiger partial charge in [-0.15, -0.1) is 0 Å². The predicted octanol–water partition coefficient (Wildman–Crippen LogP) is 2.23. The van der Waals surface area contributed by atoms with Crippen LogP contribution in [-0.4, -0.2) is 39.0 Å². The van der Waals surface area contributed by atoms with E-state index in [-0.39, 0.29) is 5.91 Å². The Morgan fingerprint density at radius 3 is 2.71 bits per heavy atom. The maximum atomic E-state index is 12.3. The van der Waals surface area contributed by atoms with Crippen LogP contribution in [-0.2, 0) is 13.5 Å². The highest BCUT2D eigenvalue weighted by Gasteiger charge is 2.18. The van der Waals surface area contributed by atoms with Crippen molar-refractivity contribution in [2.75, 3.05) is 18.4 Å². The number of hydrogen-bond acceptors (Lipinski definition) is 2. The molecule has 4 nitrogen and oxygen atoms in total. The van der Waals surface area contributed by atoms with Gasteiger partial charge in [-0.25, -0.2) is 0 Å². The van der Waals surface area contributed by atoms with E-state index in [0.717, 1.165) is 37.0 Å². The van der Waals surface area contributed by atoms with Gasteiger partial charge in [0.2, 0.25) is 0 Å². The Hall–Kier alpha value is -0.840. The van der Waals surface area contributed by atoms with Crippen LogP contribution < -0.4 is 0 Å². The lowest BCUT2D eigenvalue weighted by atomic mass is 10.2. The van der Waals surface area contributed by atoms with E-state index in [2.05, 4.69) is 21.0 Å². The van der Waals surface area contributed by atoms with Gasteiger partial charge in [0.15, 0.2) is 0 Å². The molecule has 0 N–H and O–H groups in total. The summed E-state index contributed by atoms with van der Waals surface area (Å²) < 4.78 is 1.68. The number of rotatable bonds is 6. The van der Waals surface area contributed by atoms with Crippen molar-refractivity contribution in [3.63, 3.8) is 0 Å². The summed E-state index contributed by atoms with van der Waals surface area (Å²) in [5, 5.41) is 5.23. The molecule has 0 aromatic carbocycles. The second kappa shape index (κ2) is 6.79. The zero-order valence-electron chi connectivity index (χ0n) is 10.7. The summed E-state index contributed by atoms with van der Waals surface area (Å²) in [6, 6.07) is 1.89. The van der Waals surface area contributed by atoms with Crippen LogP contribution >= 0.6 is 15.9 Å². The predicted molar refractivity (Wildman–Crippen MR) is 72.6 cm³/mol. The Kier molecular flexibility index (Phi) is 5.68. The summed E-state index contributed by atoms with van der Waals surface area (Å²) in [5.41, 5.74) is 1.64. The van der Waals surface area contributed by atoms with Crippen LogP contribution in [0.15, 0.2) is 6.07 Å². The van der Waals surface area contributed by atoms with Crippen molar-refractivity contribution in [2.24, 2.45) is 7.05 Å². The van der Waals surface area contributed by atoms with Crippen molar-refractivity contribution >= 4 is 21.8 Å². The van der Waals surface area contributed by atoms with Crippen molar-refractivity contribution in [2.45, 2.75) is 26.7 Å². The van der Waals surface area contributed by atoms with Gasteiger partial charge < -0.3 is 4.90 Å². The molecule has 0 atom stereocenters. The van der Waals surface area contributed by atoms with Gasteiger partial charge in [0, 0.05) is 25.5 Å². The van der Waals surface area contributed by atoms with Gasteiger partial charge in [0.1, 0.15) is 5.69 Å². The number of amides is 1. The average Bonchev–Trinajstić information content (AvgIpc) is 2.71. The molecule has 0 aliphatic rings. The minimum atomic E-state index is 0.0724. The molecule has 0 unspecified atom stereocenters. The monoisotopic (exact) mass is 301 g/mol. The Bertz CT molecular complexity index is 376. The fraction of sp³-hybridized carbons (Fsp3) is 0.667. The number of alkyl halides is 1. The first-order valence-electron chi connectivity index (χ1n) is 6.02. The SMILES string of the molecule is CCc1cc(C(=O)N(CC)CCCBr)n(C)n1. The molecule has 0 aliphatic carbocycles. The lowest BCUT2D eigenvalue weighted by Gasteiger charge is -2.20. The molecule has 0 spiro atoms. The topological polar surface area (TPSA) is 38.1 Å². The molecule has 0 radical (unpaired) electrons. The number of carbonyl (C=O) groups is 1. The van der Waals surface area contributed by atoms with Gasteiger partial charge in [-0.1, -0.05) is 22.9 Å². The van der Waals surface area contributed by atoms with Crippen LogP contribution in [0, 0.1) is 0 Å². The molecule has 0 aliphatic heterocycles. The van der Waals surface area contributed by atoms with Crippen molar-refractivity contribution in [3.8, 4) is 0 Å². The molecular weight excluding hydrogens is 282 g/mol. The smallest absolute Gasteiger partial charge is 0.272 e. The molecule has 1 amide bonds. The molecule has 0 fully saturated rings. The molecule has 0 bridgehead atoms. The van der Waals surface area contributed by atoms with Gasteiger partial charge in [-0.2, -0.15) is 5.10 Å². The van der Waals surface area contributed by atoms with Crippen molar-refractivity contribution < 1.29 is 4.79 Å². The Labute approximate surface area is 111 Å². The fourth-order valence-corrected chi connectivity index (χ4v) is 1.97. The first-order chi connectivity index (χ1) is 8.13. The average molecular weight is 302 g/mol. The molecule has 1 rings (SSSR count). The van der Waals surface area contributed by atoms with Crippen LogP contribution in [0.3, 0.4) is 0 Å². The molecule has 1 aromatic heterocycles. The van der Waals surface area contributed by atoms with Crippen LogP contribution in [0.25, 0.3) is 0 Å². The zero-order valence-corrected chi connectivity index (χ0v) is 12.3. The second-order valence-corrected chi connectivity index (χ2v) is 4.72. The van der Waals surface area contributed by atoms with Crippen LogP contribution in [0.4, 0.5) is 0 Å². The summed E-state index contributed by atoms with van der Waals surface area (Å²) in [6.45, 7) is 5.56.